The fourth-order valence-corrected chi connectivity index (χ4v) is 3.07. The van der Waals surface area contributed by atoms with Crippen LogP contribution in [0.3, 0.4) is 0 Å². The zero-order chi connectivity index (χ0) is 22.6. The molecular formula is C25H41N3O3. The molecule has 0 aliphatic carbocycles. The van der Waals surface area contributed by atoms with E-state index in [-0.39, 0.29) is 18.4 Å². The second-order valence-electron chi connectivity index (χ2n) is 7.92. The highest BCUT2D eigenvalue weighted by Crippen LogP contribution is 2.12. The zero-order valence-electron chi connectivity index (χ0n) is 19.5. The highest BCUT2D eigenvalue weighted by atomic mass is 16.5. The molecule has 0 aliphatic heterocycles. The van der Waals surface area contributed by atoms with Crippen molar-refractivity contribution in [3.05, 3.63) is 29.8 Å². The van der Waals surface area contributed by atoms with Crippen molar-refractivity contribution in [2.45, 2.75) is 90.9 Å². The van der Waals surface area contributed by atoms with E-state index in [1.807, 2.05) is 24.3 Å². The average molecular weight is 432 g/mol. The summed E-state index contributed by atoms with van der Waals surface area (Å²) in [4.78, 5) is 23.6. The summed E-state index contributed by atoms with van der Waals surface area (Å²) in [5.41, 5.74) is 3.29. The predicted molar refractivity (Wildman–Crippen MR) is 127 cm³/mol. The van der Waals surface area contributed by atoms with Crippen LogP contribution in [0.25, 0.3) is 0 Å². The molecule has 0 spiro atoms. The van der Waals surface area contributed by atoms with Crippen LogP contribution in [0.15, 0.2) is 29.4 Å². The predicted octanol–water partition coefficient (Wildman–Crippen LogP) is 5.35. The van der Waals surface area contributed by atoms with Crippen LogP contribution in [-0.4, -0.2) is 31.2 Å². The normalized spacial score (nSPS) is 10.9. The van der Waals surface area contributed by atoms with Crippen molar-refractivity contribution in [2.75, 3.05) is 13.2 Å². The maximum absolute atomic E-state index is 11.8. The highest BCUT2D eigenvalue weighted by molar-refractivity contribution is 5.86. The second kappa shape index (κ2) is 18.4. The Morgan fingerprint density at radius 1 is 0.839 bits per heavy atom. The van der Waals surface area contributed by atoms with Crippen molar-refractivity contribution in [2.24, 2.45) is 5.10 Å². The van der Waals surface area contributed by atoms with Gasteiger partial charge < -0.3 is 10.1 Å². The lowest BCUT2D eigenvalue weighted by Gasteiger charge is -2.05. The number of hydrogen-bond donors (Lipinski definition) is 2. The molecule has 0 saturated heterocycles. The van der Waals surface area contributed by atoms with Crippen LogP contribution >= 0.6 is 0 Å². The average Bonchev–Trinajstić information content (AvgIpc) is 2.78. The Morgan fingerprint density at radius 3 is 2.10 bits per heavy atom. The first-order valence-electron chi connectivity index (χ1n) is 12.0. The van der Waals surface area contributed by atoms with E-state index in [2.05, 4.69) is 29.7 Å². The lowest BCUT2D eigenvalue weighted by atomic mass is 10.1. The van der Waals surface area contributed by atoms with Crippen LogP contribution in [0.4, 0.5) is 0 Å². The minimum atomic E-state index is -0.337. The molecule has 0 unspecified atom stereocenters. The van der Waals surface area contributed by atoms with Gasteiger partial charge in [-0.1, -0.05) is 71.6 Å². The fraction of sp³-hybridized carbons (Fsp3) is 0.640. The van der Waals surface area contributed by atoms with E-state index < -0.39 is 0 Å². The zero-order valence-corrected chi connectivity index (χ0v) is 19.5. The van der Waals surface area contributed by atoms with Crippen LogP contribution < -0.4 is 15.5 Å². The van der Waals surface area contributed by atoms with Crippen molar-refractivity contribution >= 4 is 18.0 Å². The van der Waals surface area contributed by atoms with Gasteiger partial charge in [-0.2, -0.15) is 5.10 Å². The summed E-state index contributed by atoms with van der Waals surface area (Å²) in [6, 6.07) is 7.52. The van der Waals surface area contributed by atoms with Gasteiger partial charge in [0.15, 0.2) is 0 Å². The van der Waals surface area contributed by atoms with Crippen molar-refractivity contribution in [3.8, 4) is 5.75 Å². The molecule has 0 aromatic heterocycles. The van der Waals surface area contributed by atoms with Gasteiger partial charge >= 0.3 is 0 Å². The van der Waals surface area contributed by atoms with Crippen molar-refractivity contribution < 1.29 is 14.3 Å². The summed E-state index contributed by atoms with van der Waals surface area (Å²) in [6.45, 7) is 5.01. The summed E-state index contributed by atoms with van der Waals surface area (Å²) in [5, 5.41) is 6.58. The van der Waals surface area contributed by atoms with Crippen molar-refractivity contribution in [1.29, 1.82) is 0 Å². The molecule has 1 aromatic carbocycles. The van der Waals surface area contributed by atoms with Crippen LogP contribution in [0.5, 0.6) is 5.75 Å². The van der Waals surface area contributed by atoms with E-state index in [4.69, 9.17) is 4.74 Å². The molecule has 2 N–H and O–H groups in total. The second-order valence-corrected chi connectivity index (χ2v) is 7.92. The van der Waals surface area contributed by atoms with Crippen molar-refractivity contribution in [3.63, 3.8) is 0 Å². The van der Waals surface area contributed by atoms with Gasteiger partial charge in [-0.25, -0.2) is 5.43 Å². The molecule has 174 valence electrons. The Balaban J connectivity index is 2.07. The molecule has 0 fully saturated rings. The molecule has 31 heavy (non-hydrogen) atoms. The number of hydrogen-bond acceptors (Lipinski definition) is 4. The Hall–Kier alpha value is -2.37. The number of rotatable bonds is 18. The summed E-state index contributed by atoms with van der Waals surface area (Å²) >= 11 is 0. The number of carbonyl (C=O) groups excluding carboxylic acids is 2. The minimum Gasteiger partial charge on any atom is -0.494 e. The number of nitrogens with one attached hydrogen (secondary N) is 2. The summed E-state index contributed by atoms with van der Waals surface area (Å²) in [7, 11) is 0. The van der Waals surface area contributed by atoms with E-state index in [0.29, 0.717) is 13.0 Å². The van der Waals surface area contributed by atoms with Crippen LogP contribution in [0, 0.1) is 0 Å². The summed E-state index contributed by atoms with van der Waals surface area (Å²) < 4.78 is 5.61. The molecule has 1 aromatic rings. The topological polar surface area (TPSA) is 79.8 Å². The van der Waals surface area contributed by atoms with E-state index in [0.717, 1.165) is 37.0 Å². The third-order valence-corrected chi connectivity index (χ3v) is 5.00. The van der Waals surface area contributed by atoms with Gasteiger partial charge in [-0.3, -0.25) is 9.59 Å². The number of nitrogens with zero attached hydrogens (tertiary/aromatic N) is 1. The largest absolute Gasteiger partial charge is 0.494 e. The smallest absolute Gasteiger partial charge is 0.259 e. The van der Waals surface area contributed by atoms with E-state index in [9.17, 15) is 9.59 Å². The van der Waals surface area contributed by atoms with Gasteiger partial charge in [0.25, 0.3) is 5.91 Å². The number of ether oxygens (including phenoxy) is 1. The SMILES string of the molecule is CCCCCCCCCCCC(=O)NCC(=O)N/N=C/c1ccc(OCCCC)cc1. The Labute approximate surface area is 188 Å². The van der Waals surface area contributed by atoms with Gasteiger partial charge in [0.05, 0.1) is 19.4 Å². The molecule has 6 nitrogen and oxygen atoms in total. The maximum atomic E-state index is 11.8. The lowest BCUT2D eigenvalue weighted by Crippen LogP contribution is -2.34. The highest BCUT2D eigenvalue weighted by Gasteiger charge is 2.04. The van der Waals surface area contributed by atoms with E-state index in [1.165, 1.54) is 44.9 Å². The first-order chi connectivity index (χ1) is 15.2. The van der Waals surface area contributed by atoms with Gasteiger partial charge in [-0.15, -0.1) is 0 Å². The number of benzene rings is 1. The third kappa shape index (κ3) is 15.1. The molecule has 0 atom stereocenters. The van der Waals surface area contributed by atoms with Gasteiger partial charge in [0.2, 0.25) is 5.91 Å². The Morgan fingerprint density at radius 2 is 1.45 bits per heavy atom. The van der Waals surface area contributed by atoms with Gasteiger partial charge in [0.1, 0.15) is 5.75 Å². The summed E-state index contributed by atoms with van der Waals surface area (Å²) in [5.74, 6) is 0.404. The monoisotopic (exact) mass is 431 g/mol. The van der Waals surface area contributed by atoms with Gasteiger partial charge in [0, 0.05) is 6.42 Å². The summed E-state index contributed by atoms with van der Waals surface area (Å²) in [6.07, 6.45) is 15.1. The first-order valence-corrected chi connectivity index (χ1v) is 12.0. The Bertz CT molecular complexity index is 629. The molecule has 0 saturated carbocycles. The molecule has 0 bridgehead atoms. The van der Waals surface area contributed by atoms with Crippen LogP contribution in [-0.2, 0) is 9.59 Å². The fourth-order valence-electron chi connectivity index (χ4n) is 3.07. The van der Waals surface area contributed by atoms with Gasteiger partial charge in [-0.05, 0) is 42.7 Å². The standard InChI is InChI=1S/C25H41N3O3/c1-3-5-7-8-9-10-11-12-13-14-24(29)26-21-25(30)28-27-20-22-15-17-23(18-16-22)31-19-6-4-2/h15-18,20H,3-14,19,21H2,1-2H3,(H,26,29)(H,28,30)/b27-20+. The molecule has 1 rings (SSSR count). The molecule has 0 heterocycles. The Kier molecular flexibility index (Phi) is 15.8. The third-order valence-electron chi connectivity index (χ3n) is 5.00. The molecule has 6 heteroatoms. The van der Waals surface area contributed by atoms with Crippen LogP contribution in [0.2, 0.25) is 0 Å². The number of hydrazone groups is 1. The number of unbranched alkanes of at least 4 members (excludes halogenated alkanes) is 9. The lowest BCUT2D eigenvalue weighted by molar-refractivity contribution is -0.126. The van der Waals surface area contributed by atoms with E-state index >= 15 is 0 Å². The number of amides is 2. The minimum absolute atomic E-state index is 0.0577. The van der Waals surface area contributed by atoms with Crippen molar-refractivity contribution in [1.82, 2.24) is 10.7 Å². The molecule has 0 radical (unpaired) electrons. The maximum Gasteiger partial charge on any atom is 0.259 e. The van der Waals surface area contributed by atoms with E-state index in [1.54, 1.807) is 6.21 Å². The van der Waals surface area contributed by atoms with Crippen LogP contribution in [0.1, 0.15) is 96.5 Å². The molecule has 0 aliphatic rings. The first kappa shape index (κ1) is 26.7. The molecular weight excluding hydrogens is 390 g/mol. The molecule has 2 amide bonds. The number of carbonyl (C=O) groups is 2. The quantitative estimate of drug-likeness (QED) is 0.187.